The summed E-state index contributed by atoms with van der Waals surface area (Å²) in [6, 6.07) is 7.66. The van der Waals surface area contributed by atoms with E-state index in [1.165, 1.54) is 4.90 Å². The van der Waals surface area contributed by atoms with Crippen LogP contribution in [0.5, 0.6) is 5.75 Å². The van der Waals surface area contributed by atoms with Crippen molar-refractivity contribution in [1.82, 2.24) is 14.7 Å². The van der Waals surface area contributed by atoms with E-state index in [9.17, 15) is 14.7 Å². The smallest absolute Gasteiger partial charge is 0.408 e. The predicted octanol–water partition coefficient (Wildman–Crippen LogP) is 2.35. The van der Waals surface area contributed by atoms with Gasteiger partial charge in [0.15, 0.2) is 0 Å². The maximum Gasteiger partial charge on any atom is 0.408 e. The Morgan fingerprint density at radius 1 is 1.26 bits per heavy atom. The van der Waals surface area contributed by atoms with Crippen molar-refractivity contribution < 1.29 is 19.4 Å². The van der Waals surface area contributed by atoms with Crippen molar-refractivity contribution in [3.05, 3.63) is 41.6 Å². The molecule has 1 aliphatic rings. The standard InChI is InChI=1S/C19H24N4O4/c1-13-11-20-23(12-14-5-7-15(27-4)8-6-14)16(13)21-9-10-22(18(25)26)19(2,3)17(21)24/h5-8,11H,9-10,12H2,1-4H3,(H,25,26). The highest BCUT2D eigenvalue weighted by Crippen LogP contribution is 2.29. The molecule has 3 rings (SSSR count). The van der Waals surface area contributed by atoms with E-state index in [-0.39, 0.29) is 12.5 Å². The first-order chi connectivity index (χ1) is 12.8. The molecule has 1 aliphatic heterocycles. The number of hydrogen-bond donors (Lipinski definition) is 1. The number of carboxylic acid groups (broad SMARTS) is 1. The van der Waals surface area contributed by atoms with Crippen LogP contribution in [0.4, 0.5) is 10.6 Å². The molecule has 0 atom stereocenters. The molecule has 8 heteroatoms. The molecular formula is C19H24N4O4. The normalized spacial score (nSPS) is 16.5. The summed E-state index contributed by atoms with van der Waals surface area (Å²) in [5.74, 6) is 1.22. The van der Waals surface area contributed by atoms with E-state index in [0.717, 1.165) is 16.9 Å². The minimum Gasteiger partial charge on any atom is -0.497 e. The Hall–Kier alpha value is -3.03. The van der Waals surface area contributed by atoms with Crippen LogP contribution in [-0.2, 0) is 11.3 Å². The molecule has 27 heavy (non-hydrogen) atoms. The second kappa shape index (κ2) is 6.94. The molecule has 1 aromatic heterocycles. The van der Waals surface area contributed by atoms with Gasteiger partial charge in [-0.3, -0.25) is 14.6 Å². The van der Waals surface area contributed by atoms with E-state index in [2.05, 4.69) is 5.10 Å². The number of aromatic nitrogens is 2. The molecule has 2 heterocycles. The summed E-state index contributed by atoms with van der Waals surface area (Å²) >= 11 is 0. The van der Waals surface area contributed by atoms with Gasteiger partial charge < -0.3 is 9.84 Å². The van der Waals surface area contributed by atoms with Crippen molar-refractivity contribution in [2.45, 2.75) is 32.9 Å². The lowest BCUT2D eigenvalue weighted by Crippen LogP contribution is -2.65. The fourth-order valence-electron chi connectivity index (χ4n) is 3.41. The van der Waals surface area contributed by atoms with Crippen LogP contribution in [-0.4, -0.2) is 57.5 Å². The first kappa shape index (κ1) is 18.8. The molecule has 0 radical (unpaired) electrons. The Morgan fingerprint density at radius 2 is 1.93 bits per heavy atom. The SMILES string of the molecule is COc1ccc(Cn2ncc(C)c2N2CCN(C(=O)O)C(C)(C)C2=O)cc1. The molecule has 2 amide bonds. The van der Waals surface area contributed by atoms with Crippen LogP contribution in [0.15, 0.2) is 30.5 Å². The molecule has 1 fully saturated rings. The van der Waals surface area contributed by atoms with Crippen LogP contribution in [0.1, 0.15) is 25.0 Å². The van der Waals surface area contributed by atoms with Crippen LogP contribution in [0.2, 0.25) is 0 Å². The van der Waals surface area contributed by atoms with Gasteiger partial charge in [-0.2, -0.15) is 5.10 Å². The number of rotatable bonds is 4. The molecular weight excluding hydrogens is 348 g/mol. The van der Waals surface area contributed by atoms with Crippen molar-refractivity contribution in [3.8, 4) is 5.75 Å². The summed E-state index contributed by atoms with van der Waals surface area (Å²) in [7, 11) is 1.62. The maximum absolute atomic E-state index is 13.1. The lowest BCUT2D eigenvalue weighted by molar-refractivity contribution is -0.130. The summed E-state index contributed by atoms with van der Waals surface area (Å²) in [5.41, 5.74) is 0.763. The van der Waals surface area contributed by atoms with Crippen LogP contribution < -0.4 is 9.64 Å². The summed E-state index contributed by atoms with van der Waals surface area (Å²) in [5, 5.41) is 13.8. The number of amides is 2. The molecule has 0 saturated carbocycles. The minimum absolute atomic E-state index is 0.251. The summed E-state index contributed by atoms with van der Waals surface area (Å²) < 4.78 is 6.96. The van der Waals surface area contributed by atoms with Crippen LogP contribution in [0, 0.1) is 6.92 Å². The molecule has 144 valence electrons. The Labute approximate surface area is 157 Å². The number of ether oxygens (including phenoxy) is 1. The average molecular weight is 372 g/mol. The largest absolute Gasteiger partial charge is 0.497 e. The topological polar surface area (TPSA) is 87.9 Å². The number of benzene rings is 1. The van der Waals surface area contributed by atoms with Crippen molar-refractivity contribution in [3.63, 3.8) is 0 Å². The molecule has 0 unspecified atom stereocenters. The zero-order chi connectivity index (χ0) is 19.8. The van der Waals surface area contributed by atoms with E-state index < -0.39 is 11.6 Å². The highest BCUT2D eigenvalue weighted by molar-refractivity contribution is 6.02. The van der Waals surface area contributed by atoms with Gasteiger partial charge >= 0.3 is 6.09 Å². The van der Waals surface area contributed by atoms with Crippen LogP contribution in [0.3, 0.4) is 0 Å². The molecule has 0 aliphatic carbocycles. The van der Waals surface area contributed by atoms with Gasteiger partial charge in [0.1, 0.15) is 17.1 Å². The number of methoxy groups -OCH3 is 1. The second-order valence-electron chi connectivity index (χ2n) is 7.11. The van der Waals surface area contributed by atoms with Gasteiger partial charge in [0.25, 0.3) is 5.91 Å². The number of carbonyl (C=O) groups is 2. The highest BCUT2D eigenvalue weighted by Gasteiger charge is 2.45. The van der Waals surface area contributed by atoms with Crippen LogP contribution >= 0.6 is 0 Å². The zero-order valence-electron chi connectivity index (χ0n) is 16.0. The first-order valence-corrected chi connectivity index (χ1v) is 8.73. The van der Waals surface area contributed by atoms with Gasteiger partial charge in [0.05, 0.1) is 19.9 Å². The van der Waals surface area contributed by atoms with Crippen LogP contribution in [0.25, 0.3) is 0 Å². The second-order valence-corrected chi connectivity index (χ2v) is 7.11. The molecule has 0 bridgehead atoms. The summed E-state index contributed by atoms with van der Waals surface area (Å²) in [4.78, 5) is 27.4. The molecule has 0 spiro atoms. The average Bonchev–Trinajstić information content (AvgIpc) is 2.98. The van der Waals surface area contributed by atoms with Crippen molar-refractivity contribution in [2.75, 3.05) is 25.1 Å². The molecule has 1 saturated heterocycles. The third-order valence-corrected chi connectivity index (χ3v) is 4.96. The lowest BCUT2D eigenvalue weighted by atomic mass is 9.98. The van der Waals surface area contributed by atoms with Gasteiger partial charge in [0, 0.05) is 18.7 Å². The Bertz CT molecular complexity index is 857. The monoisotopic (exact) mass is 372 g/mol. The van der Waals surface area contributed by atoms with E-state index in [4.69, 9.17) is 4.74 Å². The quantitative estimate of drug-likeness (QED) is 0.890. The molecule has 1 N–H and O–H groups in total. The van der Waals surface area contributed by atoms with Gasteiger partial charge in [-0.25, -0.2) is 9.48 Å². The number of carbonyl (C=O) groups excluding carboxylic acids is 1. The predicted molar refractivity (Wildman–Crippen MR) is 100 cm³/mol. The highest BCUT2D eigenvalue weighted by atomic mass is 16.5. The van der Waals surface area contributed by atoms with E-state index in [1.807, 2.05) is 31.2 Å². The van der Waals surface area contributed by atoms with E-state index >= 15 is 0 Å². The zero-order valence-corrected chi connectivity index (χ0v) is 16.0. The number of piperazine rings is 1. The number of nitrogens with zero attached hydrogens (tertiary/aromatic N) is 4. The van der Waals surface area contributed by atoms with Crippen molar-refractivity contribution in [1.29, 1.82) is 0 Å². The lowest BCUT2D eigenvalue weighted by Gasteiger charge is -2.44. The Balaban J connectivity index is 1.90. The van der Waals surface area contributed by atoms with Gasteiger partial charge in [-0.05, 0) is 38.5 Å². The number of aryl methyl sites for hydroxylation is 1. The molecule has 1 aromatic carbocycles. The van der Waals surface area contributed by atoms with E-state index in [0.29, 0.717) is 18.9 Å². The Morgan fingerprint density at radius 3 is 2.52 bits per heavy atom. The summed E-state index contributed by atoms with van der Waals surface area (Å²) in [6.07, 6.45) is 0.638. The Kier molecular flexibility index (Phi) is 4.82. The number of anilines is 1. The fourth-order valence-corrected chi connectivity index (χ4v) is 3.41. The molecule has 2 aromatic rings. The van der Waals surface area contributed by atoms with E-state index in [1.54, 1.807) is 36.7 Å². The summed E-state index contributed by atoms with van der Waals surface area (Å²) in [6.45, 7) is 6.21. The maximum atomic E-state index is 13.1. The third-order valence-electron chi connectivity index (χ3n) is 4.96. The van der Waals surface area contributed by atoms with Crippen molar-refractivity contribution in [2.24, 2.45) is 0 Å². The van der Waals surface area contributed by atoms with Gasteiger partial charge in [-0.1, -0.05) is 12.1 Å². The van der Waals surface area contributed by atoms with Crippen molar-refractivity contribution >= 4 is 17.8 Å². The number of hydrogen-bond acceptors (Lipinski definition) is 4. The van der Waals surface area contributed by atoms with Gasteiger partial charge in [-0.15, -0.1) is 0 Å². The first-order valence-electron chi connectivity index (χ1n) is 8.73. The van der Waals surface area contributed by atoms with Gasteiger partial charge in [0.2, 0.25) is 0 Å². The third kappa shape index (κ3) is 3.34. The minimum atomic E-state index is -1.13. The fraction of sp³-hybridized carbons (Fsp3) is 0.421. The molecule has 8 nitrogen and oxygen atoms in total.